The Morgan fingerprint density at radius 1 is 0.364 bits per heavy atom. The van der Waals surface area contributed by atoms with Gasteiger partial charge in [-0.25, -0.2) is 9.59 Å². The van der Waals surface area contributed by atoms with Crippen molar-refractivity contribution in [2.75, 3.05) is 13.2 Å². The average molecular weight is 1780 g/mol. The molecule has 0 unspecified atom stereocenters. The first-order valence-electron chi connectivity index (χ1n) is 42.1. The van der Waals surface area contributed by atoms with Gasteiger partial charge in [0, 0.05) is 62.0 Å². The zero-order valence-corrected chi connectivity index (χ0v) is 74.7. The fourth-order valence-corrected chi connectivity index (χ4v) is 14.1. The summed E-state index contributed by atoms with van der Waals surface area (Å²) < 4.78 is 10.1. The minimum Gasteiger partial charge on any atom is -0.481 e. The van der Waals surface area contributed by atoms with Crippen LogP contribution in [0.4, 0.5) is 0 Å². The van der Waals surface area contributed by atoms with E-state index in [1.54, 1.807) is 27.7 Å². The summed E-state index contributed by atoms with van der Waals surface area (Å²) in [6.45, 7) is 19.5. The Kier molecular flexibility index (Phi) is 50.7. The number of carboxylic acids is 4. The third-order valence-corrected chi connectivity index (χ3v) is 20.4. The van der Waals surface area contributed by atoms with Crippen LogP contribution in [0.2, 0.25) is 0 Å². The van der Waals surface area contributed by atoms with Crippen LogP contribution in [0.5, 0.6) is 0 Å². The van der Waals surface area contributed by atoms with Gasteiger partial charge in [-0.2, -0.15) is 10.4 Å². The lowest BCUT2D eigenvalue weighted by molar-refractivity contribution is -0.153. The number of rotatable bonds is 42. The maximum Gasteiger partial charge on any atom is 0.326 e. The number of carbonyl (C=O) groups excluding carboxylic acids is 6. The molecule has 0 aliphatic rings. The van der Waals surface area contributed by atoms with Gasteiger partial charge in [0.05, 0.1) is 37.9 Å². The lowest BCUT2D eigenvalue weighted by Gasteiger charge is -2.32. The highest BCUT2D eigenvalue weighted by molar-refractivity contribution is 5.87. The minimum absolute atomic E-state index is 0. The lowest BCUT2D eigenvalue weighted by atomic mass is 9.94. The van der Waals surface area contributed by atoms with Crippen molar-refractivity contribution in [1.29, 1.82) is 0 Å². The molecule has 0 aliphatic heterocycles. The van der Waals surface area contributed by atoms with Crippen molar-refractivity contribution in [3.63, 3.8) is 0 Å². The number of esters is 2. The van der Waals surface area contributed by atoms with Crippen LogP contribution in [-0.4, -0.2) is 196 Å². The van der Waals surface area contributed by atoms with Crippen LogP contribution >= 0.6 is 0 Å². The van der Waals surface area contributed by atoms with Crippen molar-refractivity contribution in [1.82, 2.24) is 61.7 Å². The van der Waals surface area contributed by atoms with Gasteiger partial charge in [0.15, 0.2) is 0 Å². The molecule has 0 fully saturated rings. The van der Waals surface area contributed by atoms with Crippen LogP contribution in [-0.2, 0) is 83.4 Å². The maximum atomic E-state index is 12.9. The molecule has 6 atom stereocenters. The van der Waals surface area contributed by atoms with Gasteiger partial charge in [-0.05, 0) is 141 Å². The smallest absolute Gasteiger partial charge is 0.326 e. The first kappa shape index (κ1) is 111. The molecule has 18 N–H and O–H groups in total. The quantitative estimate of drug-likeness (QED) is 0.0165. The molecule has 10 rings (SSSR count). The molecule has 2 aromatic heterocycles. The predicted octanol–water partition coefficient (Wildman–Crippen LogP) is 11.9. The maximum absolute atomic E-state index is 12.9. The molecule has 33 nitrogen and oxygen atoms in total. The highest BCUT2D eigenvalue weighted by Crippen LogP contribution is 2.33. The molecule has 0 radical (unpaired) electrons. The SMILES string of the molecule is CCCCC(=O)N(Cc1ccc(-c2ccccc2-c2nn[nH]n2)cc1)[C@H](C(=O)O)C(C)C.CCCCC(=O)N(Cc1ccc(-c2ccccc2-c2nn[nH]n2)cc1)[C@H](C(=O)O)C(C)C.CCOC(=O)[C@H](C)C[C@@H](Cc1ccc(-c2ccccc2)cc1)NC(=O)CCC(=O)O.CCOC(=O)[C@H](C)C[C@@H](Cc1ccc(-c2ccccc2)cc1)NC(=O)CCC(=O)O.O.O.O.O.O. The number of nitrogens with zero attached hydrogens (tertiary/aromatic N) is 8. The van der Waals surface area contributed by atoms with Crippen molar-refractivity contribution in [2.24, 2.45) is 23.7 Å². The van der Waals surface area contributed by atoms with Gasteiger partial charge >= 0.3 is 35.8 Å². The van der Waals surface area contributed by atoms with Gasteiger partial charge in [0.2, 0.25) is 35.3 Å². The Morgan fingerprint density at radius 2 is 0.659 bits per heavy atom. The standard InChI is InChI=1S/2C24H29N5O3.2C24H29NO5.5H2O/c2*1-4-5-10-21(30)29(22(16(2)3)24(31)32)15-17-11-13-18(14-12-17)19-8-6-7-9-20(19)23-25-27-28-26-23;2*1-3-30-24(29)17(2)15-21(25-22(26)13-14-23(27)28)16-18-9-11-20(12-10-18)19-7-5-4-6-8-19;;;;;/h2*6-9,11-14,16,22H,4-5,10,15H2,1-3H3,(H,31,32)(H,25,26,27,28);2*4-12,17,21H,3,13-16H2,1-2H3,(H,25,26)(H,27,28);5*1H2/t2*22-;2*17-,21+;;;;;/m0011...../s1. The normalized spacial score (nSPS) is 11.8. The predicted molar refractivity (Wildman–Crippen MR) is 490 cm³/mol. The number of nitrogens with one attached hydrogen (secondary N) is 4. The number of ether oxygens (including phenoxy) is 2. The first-order chi connectivity index (χ1) is 59.6. The molecule has 0 bridgehead atoms. The van der Waals surface area contributed by atoms with E-state index in [1.807, 2.05) is 248 Å². The highest BCUT2D eigenvalue weighted by atomic mass is 16.5. The second kappa shape index (κ2) is 58.6. The summed E-state index contributed by atoms with van der Waals surface area (Å²) in [6, 6.07) is 65.1. The molecule has 4 amide bonds. The number of carbonyl (C=O) groups is 10. The number of benzene rings is 8. The van der Waals surface area contributed by atoms with Gasteiger partial charge in [-0.3, -0.25) is 38.4 Å². The van der Waals surface area contributed by atoms with Crippen molar-refractivity contribution in [3.05, 3.63) is 229 Å². The second-order valence-electron chi connectivity index (χ2n) is 30.9. The van der Waals surface area contributed by atoms with Crippen LogP contribution in [0.25, 0.3) is 67.3 Å². The molecule has 2 heterocycles. The Balaban J connectivity index is 0.000000575. The molecular weight excluding hydrogens is 1660 g/mol. The topological polar surface area (TPSA) is 567 Å². The minimum atomic E-state index is -1.02. The largest absolute Gasteiger partial charge is 0.481 e. The van der Waals surface area contributed by atoms with Gasteiger partial charge in [-0.1, -0.05) is 274 Å². The van der Waals surface area contributed by atoms with Crippen LogP contribution in [0.1, 0.15) is 169 Å². The number of aliphatic carboxylic acids is 4. The summed E-state index contributed by atoms with van der Waals surface area (Å²) in [7, 11) is 0. The number of tetrazole rings is 2. The van der Waals surface area contributed by atoms with E-state index in [1.165, 1.54) is 9.80 Å². The van der Waals surface area contributed by atoms with Gasteiger partial charge in [0.1, 0.15) is 12.1 Å². The summed E-state index contributed by atoms with van der Waals surface area (Å²) in [5, 5.41) is 71.4. The number of amides is 4. The van der Waals surface area contributed by atoms with E-state index in [2.05, 4.69) is 51.9 Å². The Morgan fingerprint density at radius 3 is 0.938 bits per heavy atom. The molecule has 0 spiro atoms. The van der Waals surface area contributed by atoms with Crippen LogP contribution in [0.3, 0.4) is 0 Å². The van der Waals surface area contributed by atoms with Gasteiger partial charge < -0.3 is 77.7 Å². The molecule has 0 saturated carbocycles. The second-order valence-corrected chi connectivity index (χ2v) is 30.9. The number of unbranched alkanes of at least 4 members (excludes halogenated alkanes) is 2. The molecular formula is C96H126N12O21. The Labute approximate surface area is 751 Å². The summed E-state index contributed by atoms with van der Waals surface area (Å²) in [6.07, 6.45) is 5.23. The summed E-state index contributed by atoms with van der Waals surface area (Å²) >= 11 is 0. The molecule has 0 aliphatic carbocycles. The number of aromatic amines is 2. The van der Waals surface area contributed by atoms with Crippen molar-refractivity contribution < 1.29 is 105 Å². The molecule has 129 heavy (non-hydrogen) atoms. The van der Waals surface area contributed by atoms with Crippen LogP contribution < -0.4 is 10.6 Å². The Hall–Kier alpha value is -13.6. The van der Waals surface area contributed by atoms with Crippen molar-refractivity contribution >= 4 is 59.4 Å². The van der Waals surface area contributed by atoms with Crippen LogP contribution in [0, 0.1) is 23.7 Å². The van der Waals surface area contributed by atoms with E-state index in [4.69, 9.17) is 19.7 Å². The number of carboxylic acid groups (broad SMARTS) is 4. The van der Waals surface area contributed by atoms with Gasteiger partial charge in [0.25, 0.3) is 0 Å². The number of H-pyrrole nitrogens is 2. The lowest BCUT2D eigenvalue weighted by Crippen LogP contribution is -2.47. The summed E-state index contributed by atoms with van der Waals surface area (Å²) in [5.41, 5.74) is 13.8. The van der Waals surface area contributed by atoms with Gasteiger partial charge in [-0.15, -0.1) is 20.4 Å². The van der Waals surface area contributed by atoms with Crippen molar-refractivity contribution in [2.45, 2.75) is 196 Å². The fraction of sp³-hybridized carbons (Fsp3) is 0.375. The zero-order valence-electron chi connectivity index (χ0n) is 74.7. The molecule has 33 heteroatoms. The summed E-state index contributed by atoms with van der Waals surface area (Å²) in [5.74, 6) is -5.63. The van der Waals surface area contributed by atoms with E-state index in [-0.39, 0.29) is 137 Å². The van der Waals surface area contributed by atoms with E-state index in [0.29, 0.717) is 63.4 Å². The molecule has 696 valence electrons. The first-order valence-corrected chi connectivity index (χ1v) is 42.1. The Bertz CT molecular complexity index is 4680. The highest BCUT2D eigenvalue weighted by Gasteiger charge is 2.34. The summed E-state index contributed by atoms with van der Waals surface area (Å²) in [4.78, 5) is 122. The average Bonchev–Trinajstić information content (AvgIpc) is 1.74. The third-order valence-electron chi connectivity index (χ3n) is 20.4. The van der Waals surface area contributed by atoms with E-state index < -0.39 is 36.0 Å². The van der Waals surface area contributed by atoms with E-state index in [0.717, 1.165) is 104 Å². The molecule has 10 aromatic rings. The number of hydrogen-bond donors (Lipinski definition) is 8. The van der Waals surface area contributed by atoms with Crippen molar-refractivity contribution in [3.8, 4) is 67.3 Å². The zero-order chi connectivity index (χ0) is 90.0. The van der Waals surface area contributed by atoms with Crippen LogP contribution in [0.15, 0.2) is 206 Å². The van der Waals surface area contributed by atoms with E-state index in [9.17, 15) is 58.2 Å². The number of hydrogen-bond acceptors (Lipinski definition) is 18. The third kappa shape index (κ3) is 36.7. The monoisotopic (exact) mass is 1780 g/mol. The fourth-order valence-electron chi connectivity index (χ4n) is 14.1. The number of aromatic nitrogens is 8. The molecule has 0 saturated heterocycles. The van der Waals surface area contributed by atoms with E-state index >= 15 is 0 Å². The molecule has 8 aromatic carbocycles.